The topological polar surface area (TPSA) is 46.9 Å². The number of hydrogen-bond acceptors (Lipinski definition) is 2. The van der Waals surface area contributed by atoms with Gasteiger partial charge in [0.2, 0.25) is 0 Å². The van der Waals surface area contributed by atoms with Crippen LogP contribution in [0, 0.1) is 17.3 Å². The van der Waals surface area contributed by atoms with Gasteiger partial charge in [0.1, 0.15) is 5.69 Å². The summed E-state index contributed by atoms with van der Waals surface area (Å²) in [5.41, 5.74) is 2.01. The van der Waals surface area contributed by atoms with Gasteiger partial charge in [0.15, 0.2) is 0 Å². The van der Waals surface area contributed by atoms with Crippen molar-refractivity contribution in [3.8, 4) is 23.0 Å². The zero-order valence-corrected chi connectivity index (χ0v) is 17.3. The van der Waals surface area contributed by atoms with Crippen LogP contribution in [0.15, 0.2) is 54.7 Å². The Hall–Kier alpha value is -3.46. The number of amides is 1. The van der Waals surface area contributed by atoms with Gasteiger partial charge in [-0.2, -0.15) is 5.10 Å². The Kier molecular flexibility index (Phi) is 6.02. The molecular weight excluding hydrogens is 384 g/mol. The molecule has 154 valence electrons. The second kappa shape index (κ2) is 8.50. The first-order valence-corrected chi connectivity index (χ1v) is 9.50. The standard InChI is InChI=1S/C24H23F2N3O/c1-24(2,3)13-12-16-10-11-18(17-8-6-5-7-9-17)20(14-16)27-23(30)19-15-29(4)28-21(19)22(25)26/h5-11,14-15,22H,1-4H3,(H,27,30). The van der Waals surface area contributed by atoms with Gasteiger partial charge in [0.25, 0.3) is 12.3 Å². The van der Waals surface area contributed by atoms with Gasteiger partial charge in [-0.05, 0) is 38.5 Å². The smallest absolute Gasteiger partial charge is 0.282 e. The van der Waals surface area contributed by atoms with Crippen molar-refractivity contribution in [1.29, 1.82) is 0 Å². The summed E-state index contributed by atoms with van der Waals surface area (Å²) in [6, 6.07) is 15.0. The van der Waals surface area contributed by atoms with Crippen molar-refractivity contribution in [2.45, 2.75) is 27.2 Å². The third kappa shape index (κ3) is 5.12. The molecule has 0 aliphatic carbocycles. The first kappa shape index (κ1) is 21.3. The average Bonchev–Trinajstić information content (AvgIpc) is 3.09. The van der Waals surface area contributed by atoms with Gasteiger partial charge in [-0.1, -0.05) is 48.2 Å². The molecule has 2 aromatic carbocycles. The van der Waals surface area contributed by atoms with Crippen molar-refractivity contribution in [2.24, 2.45) is 12.5 Å². The molecule has 0 aliphatic heterocycles. The minimum Gasteiger partial charge on any atom is -0.321 e. The van der Waals surface area contributed by atoms with Gasteiger partial charge in [0, 0.05) is 29.8 Å². The predicted molar refractivity (Wildman–Crippen MR) is 114 cm³/mol. The monoisotopic (exact) mass is 407 g/mol. The Morgan fingerprint density at radius 1 is 1.13 bits per heavy atom. The Labute approximate surface area is 174 Å². The Bertz CT molecular complexity index is 1120. The molecule has 0 saturated heterocycles. The average molecular weight is 407 g/mol. The van der Waals surface area contributed by atoms with Crippen molar-refractivity contribution in [1.82, 2.24) is 9.78 Å². The zero-order valence-electron chi connectivity index (χ0n) is 17.3. The number of aromatic nitrogens is 2. The number of carbonyl (C=O) groups excluding carboxylic acids is 1. The molecule has 0 radical (unpaired) electrons. The van der Waals surface area contributed by atoms with Gasteiger partial charge >= 0.3 is 0 Å². The highest BCUT2D eigenvalue weighted by molar-refractivity contribution is 6.07. The summed E-state index contributed by atoms with van der Waals surface area (Å²) in [7, 11) is 1.50. The molecule has 0 saturated carbocycles. The number of benzene rings is 2. The molecule has 3 aromatic rings. The molecule has 0 fully saturated rings. The van der Waals surface area contributed by atoms with Crippen LogP contribution >= 0.6 is 0 Å². The van der Waals surface area contributed by atoms with Gasteiger partial charge < -0.3 is 5.32 Å². The van der Waals surface area contributed by atoms with E-state index in [1.54, 1.807) is 6.07 Å². The first-order valence-electron chi connectivity index (χ1n) is 9.50. The van der Waals surface area contributed by atoms with Crippen LogP contribution < -0.4 is 5.32 Å². The Morgan fingerprint density at radius 3 is 2.47 bits per heavy atom. The maximum absolute atomic E-state index is 13.3. The summed E-state index contributed by atoms with van der Waals surface area (Å²) in [4.78, 5) is 12.8. The van der Waals surface area contributed by atoms with E-state index in [1.807, 2.05) is 63.2 Å². The van der Waals surface area contributed by atoms with Crippen molar-refractivity contribution >= 4 is 11.6 Å². The van der Waals surface area contributed by atoms with E-state index >= 15 is 0 Å². The summed E-state index contributed by atoms with van der Waals surface area (Å²) >= 11 is 0. The summed E-state index contributed by atoms with van der Waals surface area (Å²) in [6.45, 7) is 6.03. The van der Waals surface area contributed by atoms with Gasteiger partial charge in [-0.3, -0.25) is 9.48 Å². The summed E-state index contributed by atoms with van der Waals surface area (Å²) in [6.07, 6.45) is -1.55. The molecule has 30 heavy (non-hydrogen) atoms. The molecule has 3 rings (SSSR count). The molecular formula is C24H23F2N3O. The van der Waals surface area contributed by atoms with E-state index in [2.05, 4.69) is 22.3 Å². The number of hydrogen-bond donors (Lipinski definition) is 1. The highest BCUT2D eigenvalue weighted by atomic mass is 19.3. The lowest BCUT2D eigenvalue weighted by molar-refractivity contribution is 0.101. The lowest BCUT2D eigenvalue weighted by atomic mass is 9.96. The van der Waals surface area contributed by atoms with Crippen LogP contribution in [0.4, 0.5) is 14.5 Å². The van der Waals surface area contributed by atoms with Crippen LogP contribution in [0.25, 0.3) is 11.1 Å². The van der Waals surface area contributed by atoms with Crippen LogP contribution in [0.5, 0.6) is 0 Å². The third-order valence-electron chi connectivity index (χ3n) is 4.24. The van der Waals surface area contributed by atoms with Crippen molar-refractivity contribution in [2.75, 3.05) is 5.32 Å². The largest absolute Gasteiger partial charge is 0.321 e. The number of alkyl halides is 2. The fraction of sp³-hybridized carbons (Fsp3) is 0.250. The Morgan fingerprint density at radius 2 is 1.83 bits per heavy atom. The second-order valence-electron chi connectivity index (χ2n) is 7.98. The second-order valence-corrected chi connectivity index (χ2v) is 7.98. The van der Waals surface area contributed by atoms with E-state index in [1.165, 1.54) is 17.9 Å². The van der Waals surface area contributed by atoms with Crippen LogP contribution in [-0.4, -0.2) is 15.7 Å². The van der Waals surface area contributed by atoms with Gasteiger partial charge in [-0.25, -0.2) is 8.78 Å². The highest BCUT2D eigenvalue weighted by Crippen LogP contribution is 2.30. The lowest BCUT2D eigenvalue weighted by Gasteiger charge is -2.13. The minimum atomic E-state index is -2.84. The molecule has 1 aromatic heterocycles. The van der Waals surface area contributed by atoms with Gasteiger partial charge in [-0.15, -0.1) is 0 Å². The van der Waals surface area contributed by atoms with Gasteiger partial charge in [0.05, 0.1) is 11.3 Å². The molecule has 0 bridgehead atoms. The summed E-state index contributed by atoms with van der Waals surface area (Å²) in [5.74, 6) is 5.63. The molecule has 1 heterocycles. The van der Waals surface area contributed by atoms with Crippen LogP contribution in [0.1, 0.15) is 48.8 Å². The van der Waals surface area contributed by atoms with Crippen molar-refractivity contribution < 1.29 is 13.6 Å². The number of nitrogens with zero attached hydrogens (tertiary/aromatic N) is 2. The van der Waals surface area contributed by atoms with E-state index in [-0.39, 0.29) is 11.0 Å². The van der Waals surface area contributed by atoms with E-state index in [4.69, 9.17) is 0 Å². The van der Waals surface area contributed by atoms with E-state index in [0.29, 0.717) is 5.69 Å². The van der Waals surface area contributed by atoms with E-state index < -0.39 is 18.0 Å². The maximum atomic E-state index is 13.3. The number of carbonyl (C=O) groups is 1. The normalized spacial score (nSPS) is 11.2. The van der Waals surface area contributed by atoms with E-state index in [9.17, 15) is 13.6 Å². The molecule has 1 amide bonds. The minimum absolute atomic E-state index is 0.155. The van der Waals surface area contributed by atoms with Crippen LogP contribution in [-0.2, 0) is 7.05 Å². The number of anilines is 1. The third-order valence-corrected chi connectivity index (χ3v) is 4.24. The highest BCUT2D eigenvalue weighted by Gasteiger charge is 2.23. The number of nitrogens with one attached hydrogen (secondary N) is 1. The molecule has 0 unspecified atom stereocenters. The SMILES string of the molecule is Cn1cc(C(=O)Nc2cc(C#CC(C)(C)C)ccc2-c2ccccc2)c(C(F)F)n1. The molecule has 0 atom stereocenters. The quantitative estimate of drug-likeness (QED) is 0.566. The molecule has 4 nitrogen and oxygen atoms in total. The summed E-state index contributed by atoms with van der Waals surface area (Å²) < 4.78 is 27.8. The lowest BCUT2D eigenvalue weighted by Crippen LogP contribution is -2.14. The van der Waals surface area contributed by atoms with Crippen LogP contribution in [0.2, 0.25) is 0 Å². The molecule has 6 heteroatoms. The molecule has 0 spiro atoms. The Balaban J connectivity index is 2.04. The number of aryl methyl sites for hydroxylation is 1. The summed E-state index contributed by atoms with van der Waals surface area (Å²) in [5, 5.41) is 6.49. The van der Waals surface area contributed by atoms with Crippen molar-refractivity contribution in [3.63, 3.8) is 0 Å². The van der Waals surface area contributed by atoms with E-state index in [0.717, 1.165) is 16.7 Å². The maximum Gasteiger partial charge on any atom is 0.282 e. The fourth-order valence-corrected chi connectivity index (χ4v) is 2.89. The molecule has 0 aliphatic rings. The number of halogens is 2. The van der Waals surface area contributed by atoms with Crippen LogP contribution in [0.3, 0.4) is 0 Å². The fourth-order valence-electron chi connectivity index (χ4n) is 2.89. The molecule has 1 N–H and O–H groups in total. The zero-order chi connectivity index (χ0) is 21.9. The first-order chi connectivity index (χ1) is 14.1. The number of rotatable bonds is 4. The van der Waals surface area contributed by atoms with Crippen molar-refractivity contribution in [3.05, 3.63) is 71.5 Å². The predicted octanol–water partition coefficient (Wildman–Crippen LogP) is 5.67.